The summed E-state index contributed by atoms with van der Waals surface area (Å²) in [5.74, 6) is 1.78. The Balaban J connectivity index is 2.40. The van der Waals surface area contributed by atoms with Gasteiger partial charge in [0.15, 0.2) is 0 Å². The van der Waals surface area contributed by atoms with E-state index in [4.69, 9.17) is 0 Å². The molecule has 0 spiro atoms. The van der Waals surface area contributed by atoms with Crippen molar-refractivity contribution in [2.24, 2.45) is 0 Å². The molecule has 6 nitrogen and oxygen atoms in total. The van der Waals surface area contributed by atoms with Crippen LogP contribution >= 0.6 is 0 Å². The number of anilines is 2. The Morgan fingerprint density at radius 3 is 3.00 bits per heavy atom. The summed E-state index contributed by atoms with van der Waals surface area (Å²) in [6, 6.07) is -0.191. The number of amides is 1. The van der Waals surface area contributed by atoms with E-state index >= 15 is 0 Å². The van der Waals surface area contributed by atoms with Gasteiger partial charge in [-0.15, -0.1) is 0 Å². The Labute approximate surface area is 113 Å². The van der Waals surface area contributed by atoms with E-state index < -0.39 is 0 Å². The van der Waals surface area contributed by atoms with Crippen molar-refractivity contribution in [2.75, 3.05) is 30.4 Å². The summed E-state index contributed by atoms with van der Waals surface area (Å²) in [6.07, 6.45) is 3.47. The van der Waals surface area contributed by atoms with E-state index in [2.05, 4.69) is 32.4 Å². The molecule has 1 aliphatic heterocycles. The number of nitrogens with zero attached hydrogens (tertiary/aromatic N) is 3. The molecule has 0 bridgehead atoms. The highest BCUT2D eigenvalue weighted by atomic mass is 16.2. The first-order chi connectivity index (χ1) is 9.19. The SMILES string of the molecule is CCCc1c(NC)ncnc1N1CCNC(=O)C1C. The third-order valence-corrected chi connectivity index (χ3v) is 3.43. The first kappa shape index (κ1) is 13.6. The number of carbonyl (C=O) groups is 1. The molecule has 2 N–H and O–H groups in total. The van der Waals surface area contributed by atoms with E-state index in [1.807, 2.05) is 14.0 Å². The third kappa shape index (κ3) is 2.62. The van der Waals surface area contributed by atoms with Gasteiger partial charge in [0.2, 0.25) is 5.91 Å². The highest BCUT2D eigenvalue weighted by Crippen LogP contribution is 2.26. The van der Waals surface area contributed by atoms with Crippen molar-refractivity contribution in [3.05, 3.63) is 11.9 Å². The molecule has 1 aliphatic rings. The van der Waals surface area contributed by atoms with E-state index in [-0.39, 0.29) is 11.9 Å². The van der Waals surface area contributed by atoms with Crippen LogP contribution in [-0.2, 0) is 11.2 Å². The summed E-state index contributed by atoms with van der Waals surface area (Å²) < 4.78 is 0. The lowest BCUT2D eigenvalue weighted by Crippen LogP contribution is -2.54. The standard InChI is InChI=1S/C13H21N5O/c1-4-5-10-11(14-3)16-8-17-12(10)18-7-6-15-13(19)9(18)2/h8-9H,4-7H2,1-3H3,(H,15,19)(H,14,16,17). The first-order valence-corrected chi connectivity index (χ1v) is 6.75. The van der Waals surface area contributed by atoms with Crippen molar-refractivity contribution in [1.82, 2.24) is 15.3 Å². The van der Waals surface area contributed by atoms with Gasteiger partial charge in [-0.3, -0.25) is 4.79 Å². The molecule has 0 aromatic carbocycles. The quantitative estimate of drug-likeness (QED) is 0.840. The summed E-state index contributed by atoms with van der Waals surface area (Å²) in [5, 5.41) is 5.98. The van der Waals surface area contributed by atoms with Gasteiger partial charge in [-0.05, 0) is 13.3 Å². The summed E-state index contributed by atoms with van der Waals surface area (Å²) in [4.78, 5) is 22.5. The van der Waals surface area contributed by atoms with Crippen LogP contribution in [0.15, 0.2) is 6.33 Å². The lowest BCUT2D eigenvalue weighted by atomic mass is 10.1. The average Bonchev–Trinajstić information content (AvgIpc) is 2.43. The number of piperazine rings is 1. The molecular weight excluding hydrogens is 242 g/mol. The summed E-state index contributed by atoms with van der Waals surface area (Å²) >= 11 is 0. The van der Waals surface area contributed by atoms with Crippen molar-refractivity contribution in [2.45, 2.75) is 32.7 Å². The second kappa shape index (κ2) is 5.86. The normalized spacial score (nSPS) is 19.2. The van der Waals surface area contributed by atoms with Crippen LogP contribution in [0.2, 0.25) is 0 Å². The molecule has 1 aromatic rings. The third-order valence-electron chi connectivity index (χ3n) is 3.43. The molecular formula is C13H21N5O. The van der Waals surface area contributed by atoms with Gasteiger partial charge in [0.05, 0.1) is 0 Å². The molecule has 1 aromatic heterocycles. The summed E-state index contributed by atoms with van der Waals surface area (Å²) in [6.45, 7) is 5.48. The van der Waals surface area contributed by atoms with Gasteiger partial charge in [0.1, 0.15) is 24.0 Å². The smallest absolute Gasteiger partial charge is 0.242 e. The Hall–Kier alpha value is -1.85. The van der Waals surface area contributed by atoms with E-state index in [0.717, 1.165) is 36.6 Å². The highest BCUT2D eigenvalue weighted by molar-refractivity contribution is 5.86. The maximum Gasteiger partial charge on any atom is 0.242 e. The minimum absolute atomic E-state index is 0.0540. The molecule has 0 radical (unpaired) electrons. The largest absolute Gasteiger partial charge is 0.373 e. The van der Waals surface area contributed by atoms with Gasteiger partial charge in [-0.25, -0.2) is 9.97 Å². The zero-order chi connectivity index (χ0) is 13.8. The number of hydrogen-bond donors (Lipinski definition) is 2. The van der Waals surface area contributed by atoms with Crippen LogP contribution in [0.25, 0.3) is 0 Å². The molecule has 0 saturated carbocycles. The number of aromatic nitrogens is 2. The van der Waals surface area contributed by atoms with Gasteiger partial charge in [0.25, 0.3) is 0 Å². The van der Waals surface area contributed by atoms with Gasteiger partial charge < -0.3 is 15.5 Å². The molecule has 2 heterocycles. The van der Waals surface area contributed by atoms with Crippen LogP contribution in [0.1, 0.15) is 25.8 Å². The van der Waals surface area contributed by atoms with Crippen LogP contribution in [-0.4, -0.2) is 42.1 Å². The van der Waals surface area contributed by atoms with Crippen LogP contribution in [0.4, 0.5) is 11.6 Å². The maximum atomic E-state index is 11.8. The molecule has 0 aliphatic carbocycles. The summed E-state index contributed by atoms with van der Waals surface area (Å²) in [7, 11) is 1.86. The van der Waals surface area contributed by atoms with Crippen LogP contribution in [0, 0.1) is 0 Å². The van der Waals surface area contributed by atoms with E-state index in [1.165, 1.54) is 0 Å². The van der Waals surface area contributed by atoms with Crippen molar-refractivity contribution in [3.63, 3.8) is 0 Å². The molecule has 1 atom stereocenters. The molecule has 1 saturated heterocycles. The minimum atomic E-state index is -0.191. The fraction of sp³-hybridized carbons (Fsp3) is 0.615. The van der Waals surface area contributed by atoms with Crippen molar-refractivity contribution in [1.29, 1.82) is 0 Å². The predicted octanol–water partition coefficient (Wildman–Crippen LogP) is 0.795. The lowest BCUT2D eigenvalue weighted by Gasteiger charge is -2.35. The molecule has 1 fully saturated rings. The number of rotatable bonds is 4. The number of nitrogens with one attached hydrogen (secondary N) is 2. The number of carbonyl (C=O) groups excluding carboxylic acids is 1. The van der Waals surface area contributed by atoms with Gasteiger partial charge in [0, 0.05) is 25.7 Å². The van der Waals surface area contributed by atoms with Gasteiger partial charge >= 0.3 is 0 Å². The fourth-order valence-corrected chi connectivity index (χ4v) is 2.42. The topological polar surface area (TPSA) is 70.2 Å². The second-order valence-electron chi connectivity index (χ2n) is 4.68. The molecule has 1 amide bonds. The van der Waals surface area contributed by atoms with E-state index in [9.17, 15) is 4.79 Å². The Kier molecular flexibility index (Phi) is 4.19. The second-order valence-corrected chi connectivity index (χ2v) is 4.68. The Morgan fingerprint density at radius 1 is 1.53 bits per heavy atom. The van der Waals surface area contributed by atoms with Crippen molar-refractivity contribution >= 4 is 17.5 Å². The summed E-state index contributed by atoms with van der Waals surface area (Å²) in [5.41, 5.74) is 1.09. The van der Waals surface area contributed by atoms with Gasteiger partial charge in [-0.1, -0.05) is 13.3 Å². The predicted molar refractivity (Wildman–Crippen MR) is 75.4 cm³/mol. The van der Waals surface area contributed by atoms with Crippen LogP contribution < -0.4 is 15.5 Å². The molecule has 2 rings (SSSR count). The molecule has 104 valence electrons. The zero-order valence-electron chi connectivity index (χ0n) is 11.7. The number of hydrogen-bond acceptors (Lipinski definition) is 5. The average molecular weight is 263 g/mol. The fourth-order valence-electron chi connectivity index (χ4n) is 2.42. The zero-order valence-corrected chi connectivity index (χ0v) is 11.7. The van der Waals surface area contributed by atoms with Crippen molar-refractivity contribution < 1.29 is 4.79 Å². The van der Waals surface area contributed by atoms with Crippen LogP contribution in [0.5, 0.6) is 0 Å². The van der Waals surface area contributed by atoms with E-state index in [0.29, 0.717) is 6.54 Å². The maximum absolute atomic E-state index is 11.8. The highest BCUT2D eigenvalue weighted by Gasteiger charge is 2.28. The first-order valence-electron chi connectivity index (χ1n) is 6.75. The molecule has 19 heavy (non-hydrogen) atoms. The van der Waals surface area contributed by atoms with Crippen LogP contribution in [0.3, 0.4) is 0 Å². The minimum Gasteiger partial charge on any atom is -0.373 e. The molecule has 6 heteroatoms. The Bertz CT molecular complexity index is 462. The molecule has 1 unspecified atom stereocenters. The van der Waals surface area contributed by atoms with E-state index in [1.54, 1.807) is 6.33 Å². The van der Waals surface area contributed by atoms with Gasteiger partial charge in [-0.2, -0.15) is 0 Å². The Morgan fingerprint density at radius 2 is 2.32 bits per heavy atom. The van der Waals surface area contributed by atoms with Crippen molar-refractivity contribution in [3.8, 4) is 0 Å². The monoisotopic (exact) mass is 263 g/mol. The lowest BCUT2D eigenvalue weighted by molar-refractivity contribution is -0.122.